The topological polar surface area (TPSA) is 58.6 Å². The minimum absolute atomic E-state index is 0.0598. The maximum Gasteiger partial charge on any atom is 0.229 e. The van der Waals surface area contributed by atoms with Gasteiger partial charge in [-0.3, -0.25) is 9.59 Å². The van der Waals surface area contributed by atoms with Crippen LogP contribution in [0.2, 0.25) is 0 Å². The number of nitrogens with one attached hydrogen (secondary N) is 1. The van der Waals surface area contributed by atoms with Crippen LogP contribution in [0, 0.1) is 5.92 Å². The van der Waals surface area contributed by atoms with E-state index < -0.39 is 0 Å². The SMILES string of the molecule is CCOc1ccccc1N1CC(C(=O)Nc2ccccc2SC)CC1=O. The molecule has 1 aliphatic heterocycles. The molecule has 6 heteroatoms. The maximum atomic E-state index is 12.7. The van der Waals surface area contributed by atoms with Crippen molar-refractivity contribution in [3.05, 3.63) is 48.5 Å². The van der Waals surface area contributed by atoms with Crippen molar-refractivity contribution in [3.8, 4) is 5.75 Å². The van der Waals surface area contributed by atoms with Gasteiger partial charge < -0.3 is 15.0 Å². The smallest absolute Gasteiger partial charge is 0.229 e. The third-order valence-corrected chi connectivity index (χ3v) is 5.11. The Hall–Kier alpha value is -2.47. The molecule has 0 radical (unpaired) electrons. The highest BCUT2D eigenvalue weighted by atomic mass is 32.2. The number of anilines is 2. The highest BCUT2D eigenvalue weighted by Crippen LogP contribution is 2.34. The lowest BCUT2D eigenvalue weighted by atomic mass is 10.1. The molecule has 1 heterocycles. The van der Waals surface area contributed by atoms with Gasteiger partial charge in [-0.1, -0.05) is 24.3 Å². The second-order valence-electron chi connectivity index (χ2n) is 6.00. The lowest BCUT2D eigenvalue weighted by Crippen LogP contribution is -2.28. The Morgan fingerprint density at radius 2 is 1.96 bits per heavy atom. The van der Waals surface area contributed by atoms with Gasteiger partial charge >= 0.3 is 0 Å². The van der Waals surface area contributed by atoms with Crippen LogP contribution in [0.3, 0.4) is 0 Å². The van der Waals surface area contributed by atoms with Crippen LogP contribution in [0.25, 0.3) is 0 Å². The molecule has 26 heavy (non-hydrogen) atoms. The Bertz CT molecular complexity index is 809. The van der Waals surface area contributed by atoms with Gasteiger partial charge in [0.2, 0.25) is 11.8 Å². The van der Waals surface area contributed by atoms with E-state index in [4.69, 9.17) is 4.74 Å². The normalized spacial score (nSPS) is 16.6. The van der Waals surface area contributed by atoms with Crippen molar-refractivity contribution in [2.45, 2.75) is 18.2 Å². The number of thioether (sulfide) groups is 1. The van der Waals surface area contributed by atoms with Crippen molar-refractivity contribution in [1.29, 1.82) is 0 Å². The molecule has 0 aliphatic carbocycles. The average molecular weight is 370 g/mol. The molecular formula is C20H22N2O3S. The van der Waals surface area contributed by atoms with Crippen molar-refractivity contribution >= 4 is 35.0 Å². The number of benzene rings is 2. The average Bonchev–Trinajstić information content (AvgIpc) is 3.04. The lowest BCUT2D eigenvalue weighted by molar-refractivity contribution is -0.122. The van der Waals surface area contributed by atoms with Crippen LogP contribution in [-0.4, -0.2) is 31.2 Å². The lowest BCUT2D eigenvalue weighted by Gasteiger charge is -2.20. The number of nitrogens with zero attached hydrogens (tertiary/aromatic N) is 1. The van der Waals surface area contributed by atoms with Crippen LogP contribution in [0.1, 0.15) is 13.3 Å². The first-order valence-electron chi connectivity index (χ1n) is 8.60. The van der Waals surface area contributed by atoms with E-state index in [-0.39, 0.29) is 24.2 Å². The maximum absolute atomic E-state index is 12.7. The summed E-state index contributed by atoms with van der Waals surface area (Å²) in [6.45, 7) is 2.78. The molecule has 3 rings (SSSR count). The number of hydrogen-bond acceptors (Lipinski definition) is 4. The Morgan fingerprint density at radius 1 is 1.23 bits per heavy atom. The summed E-state index contributed by atoms with van der Waals surface area (Å²) < 4.78 is 5.62. The van der Waals surface area contributed by atoms with Crippen LogP contribution in [0.5, 0.6) is 5.75 Å². The van der Waals surface area contributed by atoms with E-state index in [2.05, 4.69) is 5.32 Å². The Balaban J connectivity index is 1.74. The highest BCUT2D eigenvalue weighted by Gasteiger charge is 2.36. The number of amides is 2. The molecule has 1 aliphatic rings. The molecule has 1 atom stereocenters. The van der Waals surface area contributed by atoms with E-state index in [1.54, 1.807) is 16.7 Å². The van der Waals surface area contributed by atoms with Crippen molar-refractivity contribution in [3.63, 3.8) is 0 Å². The zero-order valence-electron chi connectivity index (χ0n) is 14.9. The molecule has 2 aromatic carbocycles. The number of ether oxygens (including phenoxy) is 1. The summed E-state index contributed by atoms with van der Waals surface area (Å²) in [5, 5.41) is 2.97. The van der Waals surface area contributed by atoms with Gasteiger partial charge in [0.1, 0.15) is 5.75 Å². The van der Waals surface area contributed by atoms with Crippen LogP contribution in [0.15, 0.2) is 53.4 Å². The number of rotatable bonds is 6. The monoisotopic (exact) mass is 370 g/mol. The molecule has 5 nitrogen and oxygen atoms in total. The molecule has 0 saturated carbocycles. The molecular weight excluding hydrogens is 348 g/mol. The van der Waals surface area contributed by atoms with Crippen LogP contribution in [-0.2, 0) is 9.59 Å². The van der Waals surface area contributed by atoms with Gasteiger partial charge in [0, 0.05) is 17.9 Å². The van der Waals surface area contributed by atoms with E-state index in [0.29, 0.717) is 18.9 Å². The van der Waals surface area contributed by atoms with Crippen LogP contribution < -0.4 is 15.0 Å². The minimum Gasteiger partial charge on any atom is -0.492 e. The Labute approximate surface area is 157 Å². The van der Waals surface area contributed by atoms with Crippen molar-refractivity contribution in [2.75, 3.05) is 29.6 Å². The molecule has 2 amide bonds. The molecule has 1 saturated heterocycles. The second kappa shape index (κ2) is 8.27. The summed E-state index contributed by atoms with van der Waals surface area (Å²) >= 11 is 1.58. The predicted octanol–water partition coefficient (Wildman–Crippen LogP) is 3.80. The molecule has 136 valence electrons. The zero-order valence-corrected chi connectivity index (χ0v) is 15.7. The van der Waals surface area contributed by atoms with Crippen molar-refractivity contribution in [2.24, 2.45) is 5.92 Å². The van der Waals surface area contributed by atoms with Crippen LogP contribution >= 0.6 is 11.8 Å². The number of carbonyl (C=O) groups excluding carboxylic acids is 2. The predicted molar refractivity (Wildman–Crippen MR) is 105 cm³/mol. The molecule has 0 aromatic heterocycles. The van der Waals surface area contributed by atoms with Crippen LogP contribution in [0.4, 0.5) is 11.4 Å². The Kier molecular flexibility index (Phi) is 5.83. The van der Waals surface area contributed by atoms with Gasteiger partial charge in [-0.05, 0) is 37.4 Å². The Morgan fingerprint density at radius 3 is 2.73 bits per heavy atom. The molecule has 1 fully saturated rings. The first-order chi connectivity index (χ1) is 12.6. The summed E-state index contributed by atoms with van der Waals surface area (Å²) in [5.41, 5.74) is 1.50. The fourth-order valence-corrected chi connectivity index (χ4v) is 3.61. The summed E-state index contributed by atoms with van der Waals surface area (Å²) in [4.78, 5) is 27.8. The fourth-order valence-electron chi connectivity index (χ4n) is 3.06. The summed E-state index contributed by atoms with van der Waals surface area (Å²) in [6.07, 6.45) is 2.17. The third-order valence-electron chi connectivity index (χ3n) is 4.32. The number of hydrogen-bond donors (Lipinski definition) is 1. The van der Waals surface area contributed by atoms with Gasteiger partial charge in [0.15, 0.2) is 0 Å². The zero-order chi connectivity index (χ0) is 18.5. The van der Waals surface area contributed by atoms with E-state index in [1.165, 1.54) is 0 Å². The first kappa shape index (κ1) is 18.3. The minimum atomic E-state index is -0.382. The van der Waals surface area contributed by atoms with Gasteiger partial charge in [-0.15, -0.1) is 11.8 Å². The fraction of sp³-hybridized carbons (Fsp3) is 0.300. The van der Waals surface area contributed by atoms with E-state index >= 15 is 0 Å². The van der Waals surface area contributed by atoms with E-state index in [1.807, 2.05) is 61.7 Å². The standard InChI is InChI=1S/C20H22N2O3S/c1-3-25-17-10-6-5-9-16(17)22-13-14(12-19(22)23)20(24)21-15-8-4-7-11-18(15)26-2/h4-11,14H,3,12-13H2,1-2H3,(H,21,24). The van der Waals surface area contributed by atoms with Gasteiger partial charge in [-0.2, -0.15) is 0 Å². The molecule has 1 unspecified atom stereocenters. The number of para-hydroxylation sites is 3. The van der Waals surface area contributed by atoms with E-state index in [0.717, 1.165) is 16.3 Å². The summed E-state index contributed by atoms with van der Waals surface area (Å²) in [5.74, 6) is 0.0935. The molecule has 0 bridgehead atoms. The van der Waals surface area contributed by atoms with E-state index in [9.17, 15) is 9.59 Å². The highest BCUT2D eigenvalue weighted by molar-refractivity contribution is 7.98. The molecule has 2 aromatic rings. The quantitative estimate of drug-likeness (QED) is 0.786. The third kappa shape index (κ3) is 3.85. The number of carbonyl (C=O) groups is 2. The molecule has 0 spiro atoms. The summed E-state index contributed by atoms with van der Waals surface area (Å²) in [6, 6.07) is 15.1. The van der Waals surface area contributed by atoms with Gasteiger partial charge in [0.25, 0.3) is 0 Å². The first-order valence-corrected chi connectivity index (χ1v) is 9.82. The summed E-state index contributed by atoms with van der Waals surface area (Å²) in [7, 11) is 0. The van der Waals surface area contributed by atoms with Gasteiger partial charge in [0.05, 0.1) is 23.9 Å². The van der Waals surface area contributed by atoms with Gasteiger partial charge in [-0.25, -0.2) is 0 Å². The largest absolute Gasteiger partial charge is 0.492 e. The molecule has 1 N–H and O–H groups in total. The second-order valence-corrected chi connectivity index (χ2v) is 6.84. The van der Waals surface area contributed by atoms with Crippen molar-refractivity contribution < 1.29 is 14.3 Å². The van der Waals surface area contributed by atoms with Crippen molar-refractivity contribution in [1.82, 2.24) is 0 Å².